The van der Waals surface area contributed by atoms with Crippen LogP contribution in [-0.2, 0) is 0 Å². The van der Waals surface area contributed by atoms with Gasteiger partial charge in [-0.15, -0.1) is 5.10 Å². The Balaban J connectivity index is 2.24. The SMILES string of the molecule is Cc1[nH]nc2c1C(c1ccc(F)c(F)c1)C(C#N)=C(N)O2. The molecule has 0 amide bonds. The minimum Gasteiger partial charge on any atom is -0.420 e. The van der Waals surface area contributed by atoms with E-state index in [-0.39, 0.29) is 17.3 Å². The number of nitrogens with two attached hydrogens (primary N) is 1. The van der Waals surface area contributed by atoms with E-state index in [1.165, 1.54) is 6.07 Å². The number of hydrogen-bond donors (Lipinski definition) is 2. The first-order chi connectivity index (χ1) is 10.0. The summed E-state index contributed by atoms with van der Waals surface area (Å²) in [6.07, 6.45) is 0. The smallest absolute Gasteiger partial charge is 0.244 e. The van der Waals surface area contributed by atoms with Gasteiger partial charge in [-0.25, -0.2) is 8.78 Å². The van der Waals surface area contributed by atoms with Crippen molar-refractivity contribution in [1.29, 1.82) is 5.26 Å². The van der Waals surface area contributed by atoms with Gasteiger partial charge in [-0.1, -0.05) is 6.07 Å². The number of H-pyrrole nitrogens is 1. The number of nitriles is 1. The summed E-state index contributed by atoms with van der Waals surface area (Å²) >= 11 is 0. The second-order valence-electron chi connectivity index (χ2n) is 4.67. The molecular weight excluding hydrogens is 278 g/mol. The van der Waals surface area contributed by atoms with Gasteiger partial charge in [-0.3, -0.25) is 5.10 Å². The average Bonchev–Trinajstić information content (AvgIpc) is 2.81. The highest BCUT2D eigenvalue weighted by Crippen LogP contribution is 2.42. The summed E-state index contributed by atoms with van der Waals surface area (Å²) < 4.78 is 31.9. The zero-order valence-corrected chi connectivity index (χ0v) is 10.9. The van der Waals surface area contributed by atoms with Crippen LogP contribution in [0.3, 0.4) is 0 Å². The van der Waals surface area contributed by atoms with Crippen molar-refractivity contribution in [2.45, 2.75) is 12.8 Å². The first kappa shape index (κ1) is 13.1. The van der Waals surface area contributed by atoms with Gasteiger partial charge in [-0.05, 0) is 24.6 Å². The molecule has 3 N–H and O–H groups in total. The van der Waals surface area contributed by atoms with E-state index in [9.17, 15) is 14.0 Å². The summed E-state index contributed by atoms with van der Waals surface area (Å²) in [6, 6.07) is 5.44. The van der Waals surface area contributed by atoms with Crippen molar-refractivity contribution in [3.8, 4) is 11.9 Å². The van der Waals surface area contributed by atoms with Gasteiger partial charge in [0.1, 0.15) is 11.6 Å². The molecule has 1 unspecified atom stereocenters. The number of aromatic amines is 1. The molecule has 1 aromatic heterocycles. The molecule has 0 bridgehead atoms. The van der Waals surface area contributed by atoms with Crippen LogP contribution in [0, 0.1) is 29.9 Å². The van der Waals surface area contributed by atoms with Crippen LogP contribution in [0.15, 0.2) is 29.7 Å². The molecule has 1 aliphatic rings. The molecule has 2 heterocycles. The predicted molar refractivity (Wildman–Crippen MR) is 69.0 cm³/mol. The van der Waals surface area contributed by atoms with Crippen LogP contribution in [0.25, 0.3) is 0 Å². The second-order valence-corrected chi connectivity index (χ2v) is 4.67. The third kappa shape index (κ3) is 1.92. The monoisotopic (exact) mass is 288 g/mol. The van der Waals surface area contributed by atoms with Crippen LogP contribution >= 0.6 is 0 Å². The first-order valence-electron chi connectivity index (χ1n) is 6.10. The molecule has 1 atom stereocenters. The van der Waals surface area contributed by atoms with Crippen molar-refractivity contribution in [2.75, 3.05) is 0 Å². The van der Waals surface area contributed by atoms with E-state index in [2.05, 4.69) is 10.2 Å². The van der Waals surface area contributed by atoms with Crippen LogP contribution in [0.2, 0.25) is 0 Å². The maximum Gasteiger partial charge on any atom is 0.244 e. The molecule has 21 heavy (non-hydrogen) atoms. The number of nitrogens with zero attached hydrogens (tertiary/aromatic N) is 2. The molecule has 7 heteroatoms. The highest BCUT2D eigenvalue weighted by Gasteiger charge is 2.34. The number of fused-ring (bicyclic) bond motifs is 1. The molecule has 2 aromatic rings. The van der Waals surface area contributed by atoms with Gasteiger partial charge >= 0.3 is 0 Å². The second kappa shape index (κ2) is 4.59. The van der Waals surface area contributed by atoms with Gasteiger partial charge in [-0.2, -0.15) is 5.26 Å². The van der Waals surface area contributed by atoms with E-state index in [0.717, 1.165) is 12.1 Å². The molecule has 0 aliphatic carbocycles. The number of benzene rings is 1. The van der Waals surface area contributed by atoms with Crippen LogP contribution in [0.5, 0.6) is 5.88 Å². The van der Waals surface area contributed by atoms with Gasteiger partial charge in [0.25, 0.3) is 0 Å². The van der Waals surface area contributed by atoms with E-state index in [1.54, 1.807) is 6.92 Å². The van der Waals surface area contributed by atoms with Crippen molar-refractivity contribution < 1.29 is 13.5 Å². The minimum absolute atomic E-state index is 0.0915. The van der Waals surface area contributed by atoms with Crippen molar-refractivity contribution in [3.05, 3.63) is 58.1 Å². The third-order valence-corrected chi connectivity index (χ3v) is 3.41. The van der Waals surface area contributed by atoms with Crippen LogP contribution in [-0.4, -0.2) is 10.2 Å². The lowest BCUT2D eigenvalue weighted by Gasteiger charge is -2.23. The standard InChI is InChI=1S/C14H10F2N4O/c1-6-11-12(7-2-3-9(15)10(16)4-7)8(5-17)13(18)21-14(11)20-19-6/h2-4,12H,18H2,1H3,(H,19,20). The molecule has 0 radical (unpaired) electrons. The third-order valence-electron chi connectivity index (χ3n) is 3.41. The maximum atomic E-state index is 13.5. The topological polar surface area (TPSA) is 87.7 Å². The quantitative estimate of drug-likeness (QED) is 0.842. The summed E-state index contributed by atoms with van der Waals surface area (Å²) in [5.41, 5.74) is 7.52. The Morgan fingerprint density at radius 3 is 2.81 bits per heavy atom. The fourth-order valence-electron chi connectivity index (χ4n) is 2.42. The van der Waals surface area contributed by atoms with E-state index in [1.807, 2.05) is 6.07 Å². The van der Waals surface area contributed by atoms with Gasteiger partial charge in [0.05, 0.1) is 5.92 Å². The Morgan fingerprint density at radius 1 is 1.38 bits per heavy atom. The van der Waals surface area contributed by atoms with Crippen molar-refractivity contribution >= 4 is 0 Å². The normalized spacial score (nSPS) is 17.1. The lowest BCUT2D eigenvalue weighted by atomic mass is 9.84. The molecule has 0 saturated heterocycles. The molecule has 1 aromatic carbocycles. The predicted octanol–water partition coefficient (Wildman–Crippen LogP) is 2.21. The Hall–Kier alpha value is -2.88. The van der Waals surface area contributed by atoms with E-state index < -0.39 is 17.6 Å². The van der Waals surface area contributed by atoms with E-state index in [4.69, 9.17) is 10.5 Å². The zero-order valence-electron chi connectivity index (χ0n) is 10.9. The fraction of sp³-hybridized carbons (Fsp3) is 0.143. The van der Waals surface area contributed by atoms with E-state index in [0.29, 0.717) is 16.8 Å². The Bertz CT molecular complexity index is 804. The van der Waals surface area contributed by atoms with Crippen LogP contribution < -0.4 is 10.5 Å². The molecule has 106 valence electrons. The number of hydrogen-bond acceptors (Lipinski definition) is 4. The number of nitrogens with one attached hydrogen (secondary N) is 1. The summed E-state index contributed by atoms with van der Waals surface area (Å²) in [5.74, 6) is -2.44. The molecule has 0 fully saturated rings. The Morgan fingerprint density at radius 2 is 2.14 bits per heavy atom. The van der Waals surface area contributed by atoms with Crippen molar-refractivity contribution in [3.63, 3.8) is 0 Å². The largest absolute Gasteiger partial charge is 0.420 e. The Kier molecular flexibility index (Phi) is 2.87. The lowest BCUT2D eigenvalue weighted by Crippen LogP contribution is -2.21. The highest BCUT2D eigenvalue weighted by atomic mass is 19.2. The maximum absolute atomic E-state index is 13.5. The van der Waals surface area contributed by atoms with Crippen molar-refractivity contribution in [2.24, 2.45) is 5.73 Å². The molecular formula is C14H10F2N4O. The number of aromatic nitrogens is 2. The van der Waals surface area contributed by atoms with E-state index >= 15 is 0 Å². The van der Waals surface area contributed by atoms with Crippen LogP contribution in [0.4, 0.5) is 8.78 Å². The molecule has 1 aliphatic heterocycles. The van der Waals surface area contributed by atoms with Gasteiger partial charge in [0.2, 0.25) is 11.8 Å². The summed E-state index contributed by atoms with van der Waals surface area (Å²) in [6.45, 7) is 1.75. The van der Waals surface area contributed by atoms with Gasteiger partial charge < -0.3 is 10.5 Å². The zero-order chi connectivity index (χ0) is 15.1. The number of aryl methyl sites for hydroxylation is 1. The molecule has 0 saturated carbocycles. The summed E-state index contributed by atoms with van der Waals surface area (Å²) in [7, 11) is 0. The summed E-state index contributed by atoms with van der Waals surface area (Å²) in [5, 5.41) is 16.0. The van der Waals surface area contributed by atoms with Crippen molar-refractivity contribution in [1.82, 2.24) is 10.2 Å². The number of allylic oxidation sites excluding steroid dienone is 1. The molecule has 0 spiro atoms. The van der Waals surface area contributed by atoms with Crippen LogP contribution in [0.1, 0.15) is 22.7 Å². The van der Waals surface area contributed by atoms with Gasteiger partial charge in [0, 0.05) is 11.3 Å². The summed E-state index contributed by atoms with van der Waals surface area (Å²) in [4.78, 5) is 0. The number of ether oxygens (including phenoxy) is 1. The lowest BCUT2D eigenvalue weighted by molar-refractivity contribution is 0.378. The molecule has 5 nitrogen and oxygen atoms in total. The number of halogens is 2. The average molecular weight is 288 g/mol. The minimum atomic E-state index is -0.988. The highest BCUT2D eigenvalue weighted by molar-refractivity contribution is 5.54. The molecule has 3 rings (SSSR count). The Labute approximate surface area is 118 Å². The number of rotatable bonds is 1. The first-order valence-corrected chi connectivity index (χ1v) is 6.10. The van der Waals surface area contributed by atoms with Gasteiger partial charge in [0.15, 0.2) is 11.6 Å². The fourth-order valence-corrected chi connectivity index (χ4v) is 2.42.